The van der Waals surface area contributed by atoms with E-state index in [1.807, 2.05) is 61.5 Å². The lowest BCUT2D eigenvalue weighted by Gasteiger charge is -2.15. The molecule has 34 heavy (non-hydrogen) atoms. The summed E-state index contributed by atoms with van der Waals surface area (Å²) >= 11 is 6.60. The Hall–Kier alpha value is -3.70. The molecule has 0 saturated carbocycles. The molecule has 5 nitrogen and oxygen atoms in total. The van der Waals surface area contributed by atoms with E-state index in [0.29, 0.717) is 36.3 Å². The maximum atomic E-state index is 6.60. The van der Waals surface area contributed by atoms with Crippen LogP contribution in [0.25, 0.3) is 10.8 Å². The Morgan fingerprint density at radius 3 is 2.50 bits per heavy atom. The van der Waals surface area contributed by atoms with Crippen LogP contribution in [0.3, 0.4) is 0 Å². The van der Waals surface area contributed by atoms with Crippen LogP contribution in [-0.2, 0) is 13.2 Å². The van der Waals surface area contributed by atoms with E-state index < -0.39 is 0 Å². The molecule has 6 heteroatoms. The highest BCUT2D eigenvalue weighted by Gasteiger charge is 2.13. The van der Waals surface area contributed by atoms with Gasteiger partial charge in [0.15, 0.2) is 11.5 Å². The third kappa shape index (κ3) is 5.61. The molecule has 0 atom stereocenters. The zero-order valence-electron chi connectivity index (χ0n) is 19.3. The smallest absolute Gasteiger partial charge is 0.180 e. The fourth-order valence-electron chi connectivity index (χ4n) is 3.73. The molecule has 174 valence electrons. The zero-order chi connectivity index (χ0) is 23.8. The van der Waals surface area contributed by atoms with Crippen molar-refractivity contribution in [3.63, 3.8) is 0 Å². The van der Waals surface area contributed by atoms with Gasteiger partial charge in [0.2, 0.25) is 0 Å². The van der Waals surface area contributed by atoms with E-state index in [9.17, 15) is 0 Å². The van der Waals surface area contributed by atoms with E-state index in [1.54, 1.807) is 13.3 Å². The van der Waals surface area contributed by atoms with Gasteiger partial charge in [0.25, 0.3) is 0 Å². The van der Waals surface area contributed by atoms with Crippen LogP contribution in [-0.4, -0.2) is 19.9 Å². The van der Waals surface area contributed by atoms with E-state index in [2.05, 4.69) is 34.8 Å². The number of rotatable bonds is 10. The molecular formula is C28H27ClN2O3. The number of nitrogens with one attached hydrogen (secondary N) is 1. The number of benzene rings is 4. The largest absolute Gasteiger partial charge is 0.496 e. The summed E-state index contributed by atoms with van der Waals surface area (Å²) in [5.74, 6) is 1.93. The molecular weight excluding hydrogens is 448 g/mol. The summed E-state index contributed by atoms with van der Waals surface area (Å²) in [6.45, 7) is 3.35. The predicted molar refractivity (Wildman–Crippen MR) is 138 cm³/mol. The first-order valence-corrected chi connectivity index (χ1v) is 11.5. The summed E-state index contributed by atoms with van der Waals surface area (Å²) in [6.07, 6.45) is 1.71. The molecule has 4 rings (SSSR count). The maximum Gasteiger partial charge on any atom is 0.180 e. The lowest BCUT2D eigenvalue weighted by Crippen LogP contribution is -2.07. The summed E-state index contributed by atoms with van der Waals surface area (Å²) < 4.78 is 17.4. The molecule has 4 aromatic rings. The first-order chi connectivity index (χ1) is 16.7. The molecule has 0 aliphatic carbocycles. The van der Waals surface area contributed by atoms with Crippen LogP contribution >= 0.6 is 11.6 Å². The van der Waals surface area contributed by atoms with E-state index in [4.69, 9.17) is 25.8 Å². The van der Waals surface area contributed by atoms with Crippen molar-refractivity contribution in [3.05, 3.63) is 101 Å². The van der Waals surface area contributed by atoms with Crippen molar-refractivity contribution in [1.29, 1.82) is 0 Å². The lowest BCUT2D eigenvalue weighted by atomic mass is 10.1. The van der Waals surface area contributed by atoms with Gasteiger partial charge in [0, 0.05) is 5.56 Å². The van der Waals surface area contributed by atoms with Gasteiger partial charge in [-0.1, -0.05) is 72.3 Å². The number of halogens is 1. The minimum Gasteiger partial charge on any atom is -0.496 e. The number of ether oxygens (including phenoxy) is 3. The van der Waals surface area contributed by atoms with Crippen molar-refractivity contribution in [1.82, 2.24) is 5.43 Å². The average molecular weight is 475 g/mol. The fourth-order valence-corrected chi connectivity index (χ4v) is 4.01. The van der Waals surface area contributed by atoms with Gasteiger partial charge in [-0.15, -0.1) is 0 Å². The van der Waals surface area contributed by atoms with E-state index in [0.717, 1.165) is 27.8 Å². The highest BCUT2D eigenvalue weighted by atomic mass is 35.5. The van der Waals surface area contributed by atoms with E-state index in [-0.39, 0.29) is 0 Å². The summed E-state index contributed by atoms with van der Waals surface area (Å²) in [5, 5.41) is 7.13. The standard InChI is InChI=1S/C28H27ClN2O3/c1-3-33-27-16-20(17-30-31-18-22-10-5-7-14-26(22)32-2)15-25(29)28(27)34-19-23-12-8-11-21-9-4-6-13-24(21)23/h4-17,31H,3,18-19H2,1-2H3/b30-17-. The summed E-state index contributed by atoms with van der Waals surface area (Å²) in [7, 11) is 1.66. The van der Waals surface area contributed by atoms with Crippen molar-refractivity contribution in [2.45, 2.75) is 20.1 Å². The first kappa shape index (κ1) is 23.5. The molecule has 0 unspecified atom stereocenters. The molecule has 0 fully saturated rings. The second kappa shape index (κ2) is 11.4. The summed E-state index contributed by atoms with van der Waals surface area (Å²) in [5.41, 5.74) is 5.96. The van der Waals surface area contributed by atoms with Crippen molar-refractivity contribution in [3.8, 4) is 17.2 Å². The van der Waals surface area contributed by atoms with Crippen molar-refractivity contribution in [2.24, 2.45) is 5.10 Å². The van der Waals surface area contributed by atoms with Gasteiger partial charge in [-0.05, 0) is 47.0 Å². The van der Waals surface area contributed by atoms with Gasteiger partial charge in [-0.25, -0.2) is 0 Å². The minimum absolute atomic E-state index is 0.384. The SMILES string of the molecule is CCOc1cc(/C=N\NCc2ccccc2OC)cc(Cl)c1OCc1cccc2ccccc12. The molecule has 0 amide bonds. The predicted octanol–water partition coefficient (Wildman–Crippen LogP) is 6.60. The number of fused-ring (bicyclic) bond motifs is 1. The topological polar surface area (TPSA) is 52.1 Å². The van der Waals surface area contributed by atoms with Gasteiger partial charge in [-0.3, -0.25) is 0 Å². The van der Waals surface area contributed by atoms with Crippen LogP contribution < -0.4 is 19.6 Å². The third-order valence-electron chi connectivity index (χ3n) is 5.35. The molecule has 0 heterocycles. The Kier molecular flexibility index (Phi) is 7.89. The molecule has 0 spiro atoms. The Balaban J connectivity index is 1.48. The van der Waals surface area contributed by atoms with Gasteiger partial charge in [-0.2, -0.15) is 5.10 Å². The van der Waals surface area contributed by atoms with Crippen molar-refractivity contribution in [2.75, 3.05) is 13.7 Å². The van der Waals surface area contributed by atoms with Gasteiger partial charge < -0.3 is 19.6 Å². The monoisotopic (exact) mass is 474 g/mol. The number of hydrogen-bond acceptors (Lipinski definition) is 5. The minimum atomic E-state index is 0.384. The summed E-state index contributed by atoms with van der Waals surface area (Å²) in [6, 6.07) is 25.9. The molecule has 1 N–H and O–H groups in total. The quantitative estimate of drug-likeness (QED) is 0.208. The highest BCUT2D eigenvalue weighted by Crippen LogP contribution is 2.37. The Bertz CT molecular complexity index is 1280. The van der Waals surface area contributed by atoms with E-state index in [1.165, 1.54) is 5.39 Å². The Labute approximate surface area is 204 Å². The van der Waals surface area contributed by atoms with Gasteiger partial charge >= 0.3 is 0 Å². The van der Waals surface area contributed by atoms with Crippen LogP contribution in [0.15, 0.2) is 84.0 Å². The highest BCUT2D eigenvalue weighted by molar-refractivity contribution is 6.32. The van der Waals surface area contributed by atoms with Crippen molar-refractivity contribution < 1.29 is 14.2 Å². The van der Waals surface area contributed by atoms with Gasteiger partial charge in [0.1, 0.15) is 12.4 Å². The molecule has 0 bridgehead atoms. The molecule has 0 aliphatic heterocycles. The van der Waals surface area contributed by atoms with Crippen LogP contribution in [0.1, 0.15) is 23.6 Å². The number of nitrogens with zero attached hydrogens (tertiary/aromatic N) is 1. The number of hydrogen-bond donors (Lipinski definition) is 1. The van der Waals surface area contributed by atoms with Gasteiger partial charge in [0.05, 0.1) is 31.5 Å². The van der Waals surface area contributed by atoms with Crippen molar-refractivity contribution >= 4 is 28.6 Å². The molecule has 0 radical (unpaired) electrons. The van der Waals surface area contributed by atoms with Crippen LogP contribution in [0.2, 0.25) is 5.02 Å². The molecule has 0 saturated heterocycles. The van der Waals surface area contributed by atoms with E-state index >= 15 is 0 Å². The summed E-state index contributed by atoms with van der Waals surface area (Å²) in [4.78, 5) is 0. The number of methoxy groups -OCH3 is 1. The zero-order valence-corrected chi connectivity index (χ0v) is 20.0. The average Bonchev–Trinajstić information content (AvgIpc) is 2.86. The Morgan fingerprint density at radius 2 is 1.65 bits per heavy atom. The second-order valence-corrected chi connectivity index (χ2v) is 8.00. The first-order valence-electron chi connectivity index (χ1n) is 11.1. The van der Waals surface area contributed by atoms with Crippen LogP contribution in [0.4, 0.5) is 0 Å². The number of hydrazone groups is 1. The third-order valence-corrected chi connectivity index (χ3v) is 5.63. The number of para-hydroxylation sites is 1. The molecule has 0 aliphatic rings. The Morgan fingerprint density at radius 1 is 0.882 bits per heavy atom. The fraction of sp³-hybridized carbons (Fsp3) is 0.179. The maximum absolute atomic E-state index is 6.60. The molecule has 0 aromatic heterocycles. The second-order valence-electron chi connectivity index (χ2n) is 7.59. The van der Waals surface area contributed by atoms with Crippen LogP contribution in [0.5, 0.6) is 17.2 Å². The van der Waals surface area contributed by atoms with Crippen LogP contribution in [0, 0.1) is 0 Å². The lowest BCUT2D eigenvalue weighted by molar-refractivity contribution is 0.270. The normalized spacial score (nSPS) is 11.0. The molecule has 4 aromatic carbocycles.